The maximum Gasteiger partial charge on any atom is 0.159 e. The van der Waals surface area contributed by atoms with E-state index in [1.54, 1.807) is 0 Å². The number of nitrogens with one attached hydrogen (secondary N) is 1. The van der Waals surface area contributed by atoms with Crippen molar-refractivity contribution in [3.63, 3.8) is 0 Å². The highest BCUT2D eigenvalue weighted by atomic mass is 32.1. The van der Waals surface area contributed by atoms with Crippen molar-refractivity contribution in [1.82, 2.24) is 9.88 Å². The van der Waals surface area contributed by atoms with Crippen molar-refractivity contribution in [1.29, 1.82) is 0 Å². The lowest BCUT2D eigenvalue weighted by Gasteiger charge is -2.26. The van der Waals surface area contributed by atoms with Gasteiger partial charge in [0.05, 0.1) is 22.3 Å². The van der Waals surface area contributed by atoms with Crippen molar-refractivity contribution in [3.8, 4) is 16.8 Å². The van der Waals surface area contributed by atoms with E-state index in [1.807, 2.05) is 17.4 Å². The summed E-state index contributed by atoms with van der Waals surface area (Å²) in [6.07, 6.45) is -0.452. The number of nitrogens with zero attached hydrogens (tertiary/aromatic N) is 3. The highest BCUT2D eigenvalue weighted by Crippen LogP contribution is 2.42. The van der Waals surface area contributed by atoms with E-state index in [1.165, 1.54) is 52.5 Å². The zero-order chi connectivity index (χ0) is 42.6. The van der Waals surface area contributed by atoms with E-state index < -0.39 is 6.17 Å². The highest BCUT2D eigenvalue weighted by Gasteiger charge is 2.29. The number of hydrogen-bond acceptors (Lipinski definition) is 5. The van der Waals surface area contributed by atoms with Gasteiger partial charge in [-0.15, -0.1) is 11.3 Å². The van der Waals surface area contributed by atoms with Crippen LogP contribution in [0.25, 0.3) is 102 Å². The van der Waals surface area contributed by atoms with Gasteiger partial charge in [-0.25, -0.2) is 9.98 Å². The van der Waals surface area contributed by atoms with Crippen LogP contribution in [-0.2, 0) is 0 Å². The summed E-state index contributed by atoms with van der Waals surface area (Å²) in [6.45, 7) is 0. The van der Waals surface area contributed by atoms with Crippen molar-refractivity contribution in [2.75, 3.05) is 0 Å². The van der Waals surface area contributed by atoms with E-state index in [9.17, 15) is 0 Å². The normalized spacial score (nSPS) is 14.3. The number of thiophene rings is 1. The molecule has 5 nitrogen and oxygen atoms in total. The van der Waals surface area contributed by atoms with Crippen LogP contribution in [0.2, 0.25) is 0 Å². The molecule has 4 heterocycles. The van der Waals surface area contributed by atoms with E-state index in [2.05, 4.69) is 210 Å². The number of amidine groups is 2. The van der Waals surface area contributed by atoms with Crippen molar-refractivity contribution in [2.24, 2.45) is 9.98 Å². The van der Waals surface area contributed by atoms with Crippen LogP contribution in [0, 0.1) is 0 Å². The van der Waals surface area contributed by atoms with Crippen LogP contribution in [-0.4, -0.2) is 16.2 Å². The molecule has 1 aliphatic rings. The van der Waals surface area contributed by atoms with Crippen molar-refractivity contribution < 1.29 is 4.42 Å². The lowest BCUT2D eigenvalue weighted by Crippen LogP contribution is -2.34. The standard InChI is InChI=1S/C59H36N4OS/c1-2-13-35(14-3-1)36-19-12-20-41(29-36)57-60-58(42-25-26-44-43-21-9-11-24-53(43)65-54(44)34-42)62-59(61-57)56-48(27-28-52-55(56)45-22-8-10-23-51(45)64-52)63-49-32-39-17-6-4-15-37(39)30-46(49)47-31-38-16-5-7-18-40(38)33-50(47)63/h1-34,57H,(H,60,61,62). The monoisotopic (exact) mass is 848 g/mol. The summed E-state index contributed by atoms with van der Waals surface area (Å²) in [5, 5.41) is 15.6. The van der Waals surface area contributed by atoms with Gasteiger partial charge in [0.15, 0.2) is 5.84 Å². The fraction of sp³-hybridized carbons (Fsp3) is 0.0169. The third-order valence-electron chi connectivity index (χ3n) is 13.2. The Bertz CT molecular complexity index is 4080. The molecular formula is C59H36N4OS. The number of hydrogen-bond donors (Lipinski definition) is 1. The second-order valence-corrected chi connectivity index (χ2v) is 18.0. The van der Waals surface area contributed by atoms with Crippen LogP contribution < -0.4 is 5.32 Å². The fourth-order valence-corrected chi connectivity index (χ4v) is 11.3. The molecule has 1 aliphatic heterocycles. The molecule has 0 aliphatic carbocycles. The zero-order valence-corrected chi connectivity index (χ0v) is 35.7. The Morgan fingerprint density at radius 1 is 0.462 bits per heavy atom. The van der Waals surface area contributed by atoms with Crippen LogP contribution in [0.5, 0.6) is 0 Å². The third-order valence-corrected chi connectivity index (χ3v) is 14.3. The Labute approximate surface area is 376 Å². The molecule has 0 bridgehead atoms. The lowest BCUT2D eigenvalue weighted by molar-refractivity contribution is 0.667. The Morgan fingerprint density at radius 3 is 1.88 bits per heavy atom. The summed E-state index contributed by atoms with van der Waals surface area (Å²) in [5.74, 6) is 1.40. The van der Waals surface area contributed by atoms with E-state index in [4.69, 9.17) is 14.4 Å². The van der Waals surface area contributed by atoms with Crippen LogP contribution in [0.3, 0.4) is 0 Å². The molecule has 13 aromatic rings. The van der Waals surface area contributed by atoms with Gasteiger partial charge in [0.2, 0.25) is 0 Å². The first-order chi connectivity index (χ1) is 32.2. The van der Waals surface area contributed by atoms with Crippen molar-refractivity contribution in [3.05, 3.63) is 223 Å². The van der Waals surface area contributed by atoms with E-state index in [-0.39, 0.29) is 0 Å². The van der Waals surface area contributed by atoms with Gasteiger partial charge in [0, 0.05) is 47.3 Å². The van der Waals surface area contributed by atoms with Gasteiger partial charge >= 0.3 is 0 Å². The third kappa shape index (κ3) is 5.71. The predicted molar refractivity (Wildman–Crippen MR) is 273 cm³/mol. The molecule has 14 rings (SSSR count). The Hall–Kier alpha value is -8.32. The topological polar surface area (TPSA) is 54.8 Å². The Morgan fingerprint density at radius 2 is 1.11 bits per heavy atom. The van der Waals surface area contributed by atoms with Gasteiger partial charge < -0.3 is 14.3 Å². The second kappa shape index (κ2) is 14.1. The van der Waals surface area contributed by atoms with E-state index in [0.717, 1.165) is 72.3 Å². The summed E-state index contributed by atoms with van der Waals surface area (Å²) in [5.41, 5.74) is 10.1. The Balaban J connectivity index is 1.07. The first-order valence-electron chi connectivity index (χ1n) is 22.0. The highest BCUT2D eigenvalue weighted by molar-refractivity contribution is 7.25. The SMILES string of the molecule is c1ccc(-c2cccc(C3N=C(c4ccc5c(c4)sc4ccccc45)N=C(c4c(-n5c6cc7ccccc7cc6c6cc7ccccc7cc65)ccc5oc6ccccc6c45)N3)c2)cc1. The average Bonchev–Trinajstić information content (AvgIpc) is 4.03. The number of benzene rings is 10. The van der Waals surface area contributed by atoms with Crippen LogP contribution in [0.4, 0.5) is 0 Å². The minimum atomic E-state index is -0.452. The summed E-state index contributed by atoms with van der Waals surface area (Å²) in [6, 6.07) is 74.0. The Kier molecular flexibility index (Phi) is 7.85. The van der Waals surface area contributed by atoms with Gasteiger partial charge in [-0.05, 0) is 98.9 Å². The predicted octanol–water partition coefficient (Wildman–Crippen LogP) is 15.5. The smallest absolute Gasteiger partial charge is 0.159 e. The molecule has 10 aromatic carbocycles. The quantitative estimate of drug-likeness (QED) is 0.188. The number of para-hydroxylation sites is 1. The van der Waals surface area contributed by atoms with Gasteiger partial charge in [0.1, 0.15) is 23.2 Å². The maximum absolute atomic E-state index is 6.69. The molecule has 0 radical (unpaired) electrons. The van der Waals surface area contributed by atoms with E-state index >= 15 is 0 Å². The number of aromatic nitrogens is 1. The molecule has 6 heteroatoms. The van der Waals surface area contributed by atoms with E-state index in [0.29, 0.717) is 5.84 Å². The van der Waals surface area contributed by atoms with Gasteiger partial charge in [0.25, 0.3) is 0 Å². The molecule has 0 saturated carbocycles. The number of furan rings is 1. The number of rotatable bonds is 5. The molecule has 0 saturated heterocycles. The van der Waals surface area contributed by atoms with Crippen molar-refractivity contribution in [2.45, 2.75) is 6.17 Å². The first-order valence-corrected chi connectivity index (χ1v) is 22.8. The largest absolute Gasteiger partial charge is 0.456 e. The first kappa shape index (κ1) is 36.2. The molecule has 1 N–H and O–H groups in total. The fourth-order valence-electron chi connectivity index (χ4n) is 10.1. The van der Waals surface area contributed by atoms with Crippen LogP contribution in [0.1, 0.15) is 22.9 Å². The van der Waals surface area contributed by atoms with Crippen LogP contribution in [0.15, 0.2) is 221 Å². The maximum atomic E-state index is 6.69. The lowest BCUT2D eigenvalue weighted by atomic mass is 9.99. The summed E-state index contributed by atoms with van der Waals surface area (Å²) >= 11 is 1.81. The second-order valence-electron chi connectivity index (χ2n) is 17.0. The molecule has 0 spiro atoms. The molecular weight excluding hydrogens is 813 g/mol. The molecule has 1 unspecified atom stereocenters. The molecule has 0 fully saturated rings. The number of aliphatic imine (C=N–C) groups is 2. The van der Waals surface area contributed by atoms with Gasteiger partial charge in [-0.2, -0.15) is 0 Å². The van der Waals surface area contributed by atoms with Gasteiger partial charge in [-0.3, -0.25) is 0 Å². The summed E-state index contributed by atoms with van der Waals surface area (Å²) < 4.78 is 11.6. The van der Waals surface area contributed by atoms with Crippen LogP contribution >= 0.6 is 11.3 Å². The minimum absolute atomic E-state index is 0.452. The molecule has 65 heavy (non-hydrogen) atoms. The van der Waals surface area contributed by atoms with Gasteiger partial charge in [-0.1, -0.05) is 146 Å². The summed E-state index contributed by atoms with van der Waals surface area (Å²) in [7, 11) is 0. The zero-order valence-electron chi connectivity index (χ0n) is 34.9. The van der Waals surface area contributed by atoms with Crippen molar-refractivity contribution >= 4 is 108 Å². The molecule has 304 valence electrons. The minimum Gasteiger partial charge on any atom is -0.456 e. The molecule has 0 amide bonds. The summed E-state index contributed by atoms with van der Waals surface area (Å²) in [4.78, 5) is 11.1. The average molecular weight is 849 g/mol. The molecule has 1 atom stereocenters. The number of fused-ring (bicyclic) bond motifs is 11. The molecule has 3 aromatic heterocycles.